The minimum Gasteiger partial charge on any atom is -0.497 e. The second-order valence-electron chi connectivity index (χ2n) is 7.77. The van der Waals surface area contributed by atoms with Gasteiger partial charge in [-0.15, -0.1) is 0 Å². The van der Waals surface area contributed by atoms with E-state index in [0.717, 1.165) is 24.9 Å². The number of benzene rings is 2. The summed E-state index contributed by atoms with van der Waals surface area (Å²) in [6.45, 7) is 2.31. The lowest BCUT2D eigenvalue weighted by molar-refractivity contribution is 0.137. The zero-order valence-corrected chi connectivity index (χ0v) is 16.8. The predicted molar refractivity (Wildman–Crippen MR) is 112 cm³/mol. The number of nitrogens with zero attached hydrogens (tertiary/aromatic N) is 3. The first-order valence-electron chi connectivity index (χ1n) is 9.92. The molecule has 2 aromatic heterocycles. The van der Waals surface area contributed by atoms with Gasteiger partial charge in [-0.3, -0.25) is 14.1 Å². The summed E-state index contributed by atoms with van der Waals surface area (Å²) in [4.78, 5) is 21.8. The Morgan fingerprint density at radius 1 is 1.13 bits per heavy atom. The SMILES string of the molecule is COc1ccc(C2CN(Cc3cn4c(-c5cc(F)cc(F)c5)ncc4c(=O)[nH]3)C2)cc1. The molecule has 6 nitrogen and oxygen atoms in total. The monoisotopic (exact) mass is 422 g/mol. The van der Waals surface area contributed by atoms with Crippen molar-refractivity contribution in [2.75, 3.05) is 20.2 Å². The first kappa shape index (κ1) is 19.4. The molecule has 1 N–H and O–H groups in total. The smallest absolute Gasteiger partial charge is 0.274 e. The minimum atomic E-state index is -0.693. The van der Waals surface area contributed by atoms with E-state index < -0.39 is 11.6 Å². The lowest BCUT2D eigenvalue weighted by Gasteiger charge is -2.39. The fraction of sp³-hybridized carbons (Fsp3) is 0.217. The van der Waals surface area contributed by atoms with Gasteiger partial charge in [0.1, 0.15) is 28.7 Å². The maximum Gasteiger partial charge on any atom is 0.274 e. The molecule has 1 aliphatic heterocycles. The molecular weight excluding hydrogens is 402 g/mol. The van der Waals surface area contributed by atoms with Gasteiger partial charge in [0.15, 0.2) is 0 Å². The van der Waals surface area contributed by atoms with Crippen molar-refractivity contribution < 1.29 is 13.5 Å². The van der Waals surface area contributed by atoms with Crippen molar-refractivity contribution in [1.82, 2.24) is 19.3 Å². The molecular formula is C23H20F2N4O2. The zero-order chi connectivity index (χ0) is 21.5. The van der Waals surface area contributed by atoms with E-state index in [0.29, 0.717) is 29.5 Å². The molecule has 3 heterocycles. The van der Waals surface area contributed by atoms with Gasteiger partial charge in [0.2, 0.25) is 0 Å². The topological polar surface area (TPSA) is 62.6 Å². The number of halogens is 2. The Labute approximate surface area is 176 Å². The minimum absolute atomic E-state index is 0.276. The number of aromatic amines is 1. The van der Waals surface area contributed by atoms with Crippen LogP contribution in [0.5, 0.6) is 5.75 Å². The van der Waals surface area contributed by atoms with Crippen LogP contribution in [0.3, 0.4) is 0 Å². The number of likely N-dealkylation sites (tertiary alicyclic amines) is 1. The predicted octanol–water partition coefficient (Wildman–Crippen LogP) is 3.58. The van der Waals surface area contributed by atoms with Gasteiger partial charge < -0.3 is 9.72 Å². The number of ether oxygens (including phenoxy) is 1. The number of fused-ring (bicyclic) bond motifs is 1. The average Bonchev–Trinajstić information content (AvgIpc) is 3.14. The molecule has 0 radical (unpaired) electrons. The van der Waals surface area contributed by atoms with Crippen LogP contribution >= 0.6 is 0 Å². The van der Waals surface area contributed by atoms with E-state index in [1.165, 1.54) is 23.9 Å². The summed E-state index contributed by atoms with van der Waals surface area (Å²) >= 11 is 0. The van der Waals surface area contributed by atoms with Crippen LogP contribution in [0.25, 0.3) is 16.9 Å². The van der Waals surface area contributed by atoms with Gasteiger partial charge in [0, 0.05) is 49.1 Å². The Morgan fingerprint density at radius 2 is 1.84 bits per heavy atom. The lowest BCUT2D eigenvalue weighted by atomic mass is 9.91. The van der Waals surface area contributed by atoms with E-state index in [9.17, 15) is 13.6 Å². The first-order chi connectivity index (χ1) is 15.0. The van der Waals surface area contributed by atoms with Crippen LogP contribution in [-0.2, 0) is 6.54 Å². The second kappa shape index (κ2) is 7.63. The third-order valence-electron chi connectivity index (χ3n) is 5.65. The molecule has 2 aromatic carbocycles. The summed E-state index contributed by atoms with van der Waals surface area (Å²) in [5, 5.41) is 0. The van der Waals surface area contributed by atoms with Crippen LogP contribution in [0, 0.1) is 11.6 Å². The fourth-order valence-electron chi connectivity index (χ4n) is 4.06. The summed E-state index contributed by atoms with van der Waals surface area (Å²) in [6.07, 6.45) is 3.17. The number of methoxy groups -OCH3 is 1. The largest absolute Gasteiger partial charge is 0.497 e. The summed E-state index contributed by atoms with van der Waals surface area (Å²) in [6, 6.07) is 11.3. The van der Waals surface area contributed by atoms with Gasteiger partial charge in [0.25, 0.3) is 5.56 Å². The standard InChI is InChI=1S/C23H20F2N4O2/c1-31-20-4-2-14(3-5-20)16-10-28(11-16)12-19-13-29-21(23(30)27-19)9-26-22(29)15-6-17(24)8-18(25)7-15/h2-9,13,16H,10-12H2,1H3,(H,27,30). The normalized spacial score (nSPS) is 14.7. The van der Waals surface area contributed by atoms with Crippen molar-refractivity contribution in [3.63, 3.8) is 0 Å². The number of rotatable bonds is 5. The summed E-state index contributed by atoms with van der Waals surface area (Å²) < 4.78 is 34.1. The van der Waals surface area contributed by atoms with Crippen molar-refractivity contribution in [1.29, 1.82) is 0 Å². The molecule has 31 heavy (non-hydrogen) atoms. The maximum atomic E-state index is 13.7. The van der Waals surface area contributed by atoms with Crippen molar-refractivity contribution in [2.24, 2.45) is 0 Å². The summed E-state index contributed by atoms with van der Waals surface area (Å²) in [5.41, 5.74) is 2.27. The van der Waals surface area contributed by atoms with E-state index >= 15 is 0 Å². The van der Waals surface area contributed by atoms with E-state index in [4.69, 9.17) is 4.74 Å². The lowest BCUT2D eigenvalue weighted by Crippen LogP contribution is -2.44. The zero-order valence-electron chi connectivity index (χ0n) is 16.8. The number of H-pyrrole nitrogens is 1. The van der Waals surface area contributed by atoms with Crippen molar-refractivity contribution >= 4 is 5.52 Å². The number of hydrogen-bond donors (Lipinski definition) is 1. The quantitative estimate of drug-likeness (QED) is 0.534. The van der Waals surface area contributed by atoms with Gasteiger partial charge in [-0.25, -0.2) is 13.8 Å². The van der Waals surface area contributed by atoms with E-state index in [1.807, 2.05) is 12.1 Å². The second-order valence-corrected chi connectivity index (χ2v) is 7.77. The molecule has 0 saturated carbocycles. The molecule has 0 amide bonds. The number of imidazole rings is 1. The Bertz CT molecular complexity index is 1290. The molecule has 0 unspecified atom stereocenters. The van der Waals surface area contributed by atoms with Crippen LogP contribution in [0.4, 0.5) is 8.78 Å². The van der Waals surface area contributed by atoms with Crippen LogP contribution in [-0.4, -0.2) is 39.5 Å². The number of nitrogens with one attached hydrogen (secondary N) is 1. The van der Waals surface area contributed by atoms with Gasteiger partial charge in [-0.05, 0) is 29.8 Å². The molecule has 0 atom stereocenters. The molecule has 8 heteroatoms. The maximum absolute atomic E-state index is 13.7. The molecule has 0 aliphatic carbocycles. The molecule has 1 fully saturated rings. The highest BCUT2D eigenvalue weighted by molar-refractivity contribution is 5.62. The Morgan fingerprint density at radius 3 is 2.52 bits per heavy atom. The molecule has 0 spiro atoms. The molecule has 158 valence electrons. The van der Waals surface area contributed by atoms with Gasteiger partial charge >= 0.3 is 0 Å². The highest BCUT2D eigenvalue weighted by Gasteiger charge is 2.28. The van der Waals surface area contributed by atoms with Gasteiger partial charge in [-0.1, -0.05) is 12.1 Å². The van der Waals surface area contributed by atoms with Gasteiger partial charge in [-0.2, -0.15) is 0 Å². The number of hydrogen-bond acceptors (Lipinski definition) is 4. The number of aromatic nitrogens is 3. The fourth-order valence-corrected chi connectivity index (χ4v) is 4.06. The van der Waals surface area contributed by atoms with Crippen LogP contribution in [0.2, 0.25) is 0 Å². The average molecular weight is 422 g/mol. The molecule has 4 aromatic rings. The molecule has 1 aliphatic rings. The van der Waals surface area contributed by atoms with E-state index in [1.54, 1.807) is 17.7 Å². The van der Waals surface area contributed by atoms with E-state index in [-0.39, 0.29) is 11.1 Å². The van der Waals surface area contributed by atoms with Crippen LogP contribution in [0.1, 0.15) is 17.2 Å². The molecule has 1 saturated heterocycles. The third kappa shape index (κ3) is 3.70. The first-order valence-corrected chi connectivity index (χ1v) is 9.92. The highest BCUT2D eigenvalue weighted by Crippen LogP contribution is 2.29. The van der Waals surface area contributed by atoms with Crippen LogP contribution < -0.4 is 10.3 Å². The Kier molecular flexibility index (Phi) is 4.78. The summed E-state index contributed by atoms with van der Waals surface area (Å²) in [7, 11) is 1.65. The molecule has 0 bridgehead atoms. The van der Waals surface area contributed by atoms with Crippen molar-refractivity contribution in [3.8, 4) is 17.1 Å². The molecule has 5 rings (SSSR count). The van der Waals surface area contributed by atoms with Crippen molar-refractivity contribution in [2.45, 2.75) is 12.5 Å². The van der Waals surface area contributed by atoms with Gasteiger partial charge in [0.05, 0.1) is 13.3 Å². The highest BCUT2D eigenvalue weighted by atomic mass is 19.1. The third-order valence-corrected chi connectivity index (χ3v) is 5.65. The van der Waals surface area contributed by atoms with Crippen molar-refractivity contribution in [3.05, 3.63) is 88.1 Å². The Balaban J connectivity index is 1.37. The van der Waals surface area contributed by atoms with E-state index in [2.05, 4.69) is 27.0 Å². The Hall–Kier alpha value is -3.52. The van der Waals surface area contributed by atoms with Crippen LogP contribution in [0.15, 0.2) is 59.7 Å². The summed E-state index contributed by atoms with van der Waals surface area (Å²) in [5.74, 6) is 0.199.